The van der Waals surface area contributed by atoms with Crippen molar-refractivity contribution in [2.24, 2.45) is 0 Å². The van der Waals surface area contributed by atoms with Crippen molar-refractivity contribution in [1.29, 1.82) is 0 Å². The van der Waals surface area contributed by atoms with Crippen molar-refractivity contribution in [2.75, 3.05) is 32.8 Å². The van der Waals surface area contributed by atoms with E-state index in [1.165, 1.54) is 0 Å². The summed E-state index contributed by atoms with van der Waals surface area (Å²) < 4.78 is 17.1. The molecule has 2 heterocycles. The molecule has 0 spiro atoms. The summed E-state index contributed by atoms with van der Waals surface area (Å²) in [5, 5.41) is 12.5. The number of anilines is 1. The molecular formula is C27H32N2O4. The second kappa shape index (κ2) is 8.60. The van der Waals surface area contributed by atoms with E-state index in [9.17, 15) is 5.11 Å². The van der Waals surface area contributed by atoms with Gasteiger partial charge in [0.15, 0.2) is 0 Å². The van der Waals surface area contributed by atoms with Gasteiger partial charge in [0.2, 0.25) is 0 Å². The zero-order valence-corrected chi connectivity index (χ0v) is 20.2. The van der Waals surface area contributed by atoms with E-state index in [0.717, 1.165) is 22.4 Å². The average Bonchev–Trinajstić information content (AvgIpc) is 2.82. The standard InChI is InChI=1S/C27H32N2O4/c1-26(2,3)19-7-8-23(32-5)22(14-19)27(30)17-29(20-9-11-28-12-10-20)16-18-13-21(31-4)15-24(33-6)25(18)27/h7-15,30H,16-17H2,1-6H3. The largest absolute Gasteiger partial charge is 0.497 e. The van der Waals surface area contributed by atoms with Crippen LogP contribution in [0.1, 0.15) is 43.0 Å². The molecule has 174 valence electrons. The molecule has 1 unspecified atom stereocenters. The van der Waals surface area contributed by atoms with Gasteiger partial charge < -0.3 is 24.2 Å². The molecule has 0 saturated heterocycles. The first-order valence-electron chi connectivity index (χ1n) is 11.0. The van der Waals surface area contributed by atoms with Gasteiger partial charge in [0, 0.05) is 41.8 Å². The number of fused-ring (bicyclic) bond motifs is 1. The van der Waals surface area contributed by atoms with Crippen LogP contribution in [0.15, 0.2) is 54.9 Å². The fourth-order valence-corrected chi connectivity index (χ4v) is 4.59. The van der Waals surface area contributed by atoms with Crippen molar-refractivity contribution in [3.05, 3.63) is 77.1 Å². The molecule has 6 heteroatoms. The maximum absolute atomic E-state index is 12.5. The SMILES string of the molecule is COc1cc2c(c(OC)c1)C(O)(c1cc(C(C)(C)C)ccc1OC)CN(c1ccncc1)C2. The molecule has 0 amide bonds. The van der Waals surface area contributed by atoms with Crippen LogP contribution < -0.4 is 19.1 Å². The van der Waals surface area contributed by atoms with Crippen LogP contribution in [0.2, 0.25) is 0 Å². The summed E-state index contributed by atoms with van der Waals surface area (Å²) in [4.78, 5) is 6.30. The number of pyridine rings is 1. The number of β-amino-alcohol motifs (C(OH)–C–C–N with tert-alkyl or cyclic N) is 1. The van der Waals surface area contributed by atoms with Crippen LogP contribution in [0.4, 0.5) is 5.69 Å². The van der Waals surface area contributed by atoms with Crippen molar-refractivity contribution in [2.45, 2.75) is 38.3 Å². The van der Waals surface area contributed by atoms with E-state index in [1.54, 1.807) is 33.7 Å². The molecule has 4 rings (SSSR count). The van der Waals surface area contributed by atoms with E-state index in [-0.39, 0.29) is 5.41 Å². The summed E-state index contributed by atoms with van der Waals surface area (Å²) >= 11 is 0. The minimum atomic E-state index is -1.39. The minimum absolute atomic E-state index is 0.0936. The van der Waals surface area contributed by atoms with E-state index in [4.69, 9.17) is 14.2 Å². The van der Waals surface area contributed by atoms with Crippen molar-refractivity contribution in [3.8, 4) is 17.2 Å². The Kier molecular flexibility index (Phi) is 5.97. The third-order valence-corrected chi connectivity index (χ3v) is 6.35. The number of methoxy groups -OCH3 is 3. The number of aromatic nitrogens is 1. The van der Waals surface area contributed by atoms with Crippen LogP contribution >= 0.6 is 0 Å². The van der Waals surface area contributed by atoms with Gasteiger partial charge in [-0.2, -0.15) is 0 Å². The van der Waals surface area contributed by atoms with E-state index < -0.39 is 5.60 Å². The van der Waals surface area contributed by atoms with Crippen molar-refractivity contribution < 1.29 is 19.3 Å². The Morgan fingerprint density at radius 3 is 2.21 bits per heavy atom. The molecule has 1 aliphatic heterocycles. The topological polar surface area (TPSA) is 64.1 Å². The monoisotopic (exact) mass is 448 g/mol. The highest BCUT2D eigenvalue weighted by Gasteiger charge is 2.44. The van der Waals surface area contributed by atoms with Gasteiger partial charge in [-0.05, 0) is 46.9 Å². The van der Waals surface area contributed by atoms with Gasteiger partial charge in [0.05, 0.1) is 27.9 Å². The van der Waals surface area contributed by atoms with Gasteiger partial charge in [0.1, 0.15) is 22.8 Å². The van der Waals surface area contributed by atoms with Crippen LogP contribution in [0.25, 0.3) is 0 Å². The smallest absolute Gasteiger partial charge is 0.139 e. The van der Waals surface area contributed by atoms with Gasteiger partial charge in [-0.25, -0.2) is 0 Å². The third-order valence-electron chi connectivity index (χ3n) is 6.35. The van der Waals surface area contributed by atoms with Gasteiger partial charge >= 0.3 is 0 Å². The Balaban J connectivity index is 2.00. The first kappa shape index (κ1) is 22.9. The van der Waals surface area contributed by atoms with Crippen LogP contribution in [-0.2, 0) is 17.6 Å². The summed E-state index contributed by atoms with van der Waals surface area (Å²) in [5.74, 6) is 1.90. The molecule has 1 atom stereocenters. The van der Waals surface area contributed by atoms with Gasteiger partial charge in [-0.3, -0.25) is 4.98 Å². The molecular weight excluding hydrogens is 416 g/mol. The second-order valence-corrected chi connectivity index (χ2v) is 9.45. The molecule has 0 fully saturated rings. The van der Waals surface area contributed by atoms with Crippen LogP contribution in [-0.4, -0.2) is 38.0 Å². The van der Waals surface area contributed by atoms with Crippen molar-refractivity contribution in [3.63, 3.8) is 0 Å². The summed E-state index contributed by atoms with van der Waals surface area (Å²) in [5.41, 5.74) is 2.98. The molecule has 0 radical (unpaired) electrons. The lowest BCUT2D eigenvalue weighted by Crippen LogP contribution is -2.47. The summed E-state index contributed by atoms with van der Waals surface area (Å²) in [6.45, 7) is 7.40. The lowest BCUT2D eigenvalue weighted by molar-refractivity contribution is 0.0745. The highest BCUT2D eigenvalue weighted by Crippen LogP contribution is 2.48. The Hall–Kier alpha value is -3.25. The van der Waals surface area contributed by atoms with E-state index in [2.05, 4.69) is 42.8 Å². The highest BCUT2D eigenvalue weighted by atomic mass is 16.5. The number of rotatable bonds is 5. The molecule has 3 aromatic rings. The molecule has 33 heavy (non-hydrogen) atoms. The quantitative estimate of drug-likeness (QED) is 0.612. The summed E-state index contributed by atoms with van der Waals surface area (Å²) in [7, 11) is 4.88. The Morgan fingerprint density at radius 1 is 0.909 bits per heavy atom. The zero-order valence-electron chi connectivity index (χ0n) is 20.2. The third kappa shape index (κ3) is 4.11. The molecule has 1 aliphatic rings. The molecule has 0 bridgehead atoms. The lowest BCUT2D eigenvalue weighted by atomic mass is 9.76. The Labute approximate surface area is 195 Å². The molecule has 2 aromatic carbocycles. The summed E-state index contributed by atoms with van der Waals surface area (Å²) in [6.07, 6.45) is 3.52. The second-order valence-electron chi connectivity index (χ2n) is 9.45. The van der Waals surface area contributed by atoms with Crippen molar-refractivity contribution >= 4 is 5.69 Å². The van der Waals surface area contributed by atoms with E-state index >= 15 is 0 Å². The summed E-state index contributed by atoms with van der Waals surface area (Å²) in [6, 6.07) is 13.7. The number of nitrogens with zero attached hydrogens (tertiary/aromatic N) is 2. The highest BCUT2D eigenvalue weighted by molar-refractivity contribution is 5.62. The van der Waals surface area contributed by atoms with Crippen molar-refractivity contribution in [1.82, 2.24) is 4.98 Å². The van der Waals surface area contributed by atoms with Crippen LogP contribution in [0.3, 0.4) is 0 Å². The fraction of sp³-hybridized carbons (Fsp3) is 0.370. The maximum Gasteiger partial charge on any atom is 0.139 e. The first-order valence-corrected chi connectivity index (χ1v) is 11.0. The number of hydrogen-bond donors (Lipinski definition) is 1. The normalized spacial score (nSPS) is 18.0. The number of hydrogen-bond acceptors (Lipinski definition) is 6. The Morgan fingerprint density at radius 2 is 1.61 bits per heavy atom. The predicted molar refractivity (Wildman–Crippen MR) is 130 cm³/mol. The molecule has 1 N–H and O–H groups in total. The molecule has 6 nitrogen and oxygen atoms in total. The van der Waals surface area contributed by atoms with E-state index in [0.29, 0.717) is 35.9 Å². The average molecular weight is 449 g/mol. The number of ether oxygens (including phenoxy) is 3. The van der Waals surface area contributed by atoms with Gasteiger partial charge in [-0.1, -0.05) is 26.8 Å². The van der Waals surface area contributed by atoms with Crippen LogP contribution in [0.5, 0.6) is 17.2 Å². The van der Waals surface area contributed by atoms with Gasteiger partial charge in [-0.15, -0.1) is 0 Å². The molecule has 1 aromatic heterocycles. The van der Waals surface area contributed by atoms with E-state index in [1.807, 2.05) is 30.3 Å². The fourth-order valence-electron chi connectivity index (χ4n) is 4.59. The first-order chi connectivity index (χ1) is 15.7. The number of aliphatic hydroxyl groups is 1. The molecule has 0 saturated carbocycles. The lowest BCUT2D eigenvalue weighted by Gasteiger charge is -2.43. The van der Waals surface area contributed by atoms with Gasteiger partial charge in [0.25, 0.3) is 0 Å². The maximum atomic E-state index is 12.5. The predicted octanol–water partition coefficient (Wildman–Crippen LogP) is 4.66. The Bertz CT molecular complexity index is 1140. The zero-order chi connectivity index (χ0) is 23.8. The molecule has 0 aliphatic carbocycles. The minimum Gasteiger partial charge on any atom is -0.497 e. The number of benzene rings is 2. The van der Waals surface area contributed by atoms with Crippen LogP contribution in [0, 0.1) is 0 Å².